The van der Waals surface area contributed by atoms with E-state index in [0.29, 0.717) is 37.3 Å². The maximum Gasteiger partial charge on any atom is 3.00 e. The Balaban J connectivity index is -0.000000113. The number of carbonyl (C=O) groups excluding carboxylic acids is 2. The number of benzene rings is 2. The molecule has 0 aliphatic rings. The average Bonchev–Trinajstić information content (AvgIpc) is 2.96. The monoisotopic (exact) mass is 761 g/mol. The molecule has 0 aliphatic carbocycles. The van der Waals surface area contributed by atoms with Crippen molar-refractivity contribution in [3.05, 3.63) is 69.8 Å². The van der Waals surface area contributed by atoms with E-state index in [2.05, 4.69) is 9.98 Å². The first-order valence-corrected chi connectivity index (χ1v) is 13.6. The number of halogens is 1. The zero-order valence-corrected chi connectivity index (χ0v) is 28.4. The Morgan fingerprint density at radius 3 is 1.13 bits per heavy atom. The van der Waals surface area contributed by atoms with Gasteiger partial charge in [0.25, 0.3) is 0 Å². The van der Waals surface area contributed by atoms with Crippen molar-refractivity contribution in [2.75, 3.05) is 54.4 Å². The summed E-state index contributed by atoms with van der Waals surface area (Å²) in [6.45, 7) is 2.64. The molecule has 17 nitrogen and oxygen atoms in total. The summed E-state index contributed by atoms with van der Waals surface area (Å²) >= 11 is 0. The summed E-state index contributed by atoms with van der Waals surface area (Å²) in [5, 5.41) is 31.3. The van der Waals surface area contributed by atoms with Crippen LogP contribution in [0.1, 0.15) is 24.0 Å². The van der Waals surface area contributed by atoms with E-state index in [1.54, 1.807) is 64.9 Å². The molecule has 0 saturated heterocycles. The van der Waals surface area contributed by atoms with Gasteiger partial charge in [0.15, 0.2) is 0 Å². The van der Waals surface area contributed by atoms with Crippen molar-refractivity contribution >= 4 is 25.2 Å². The molecule has 46 heavy (non-hydrogen) atoms. The molecule has 0 atom stereocenters. The van der Waals surface area contributed by atoms with E-state index in [4.69, 9.17) is 40.2 Å². The predicted molar refractivity (Wildman–Crippen MR) is 153 cm³/mol. The van der Waals surface area contributed by atoms with E-state index in [0.717, 1.165) is 31.0 Å². The Kier molecular flexibility index (Phi) is 47.7. The van der Waals surface area contributed by atoms with Crippen molar-refractivity contribution in [2.45, 2.75) is 12.8 Å². The van der Waals surface area contributed by atoms with Gasteiger partial charge in [-0.1, -0.05) is 48.5 Å². The van der Waals surface area contributed by atoms with E-state index in [1.165, 1.54) is 21.9 Å². The first-order chi connectivity index (χ1) is 20.6. The maximum atomic E-state index is 11.2. The van der Waals surface area contributed by atoms with Gasteiger partial charge < -0.3 is 41.6 Å². The zero-order chi connectivity index (χ0) is 34.8. The first kappa shape index (κ1) is 55.2. The summed E-state index contributed by atoms with van der Waals surface area (Å²) in [5.41, 5.74) is 11.9. The normalized spacial score (nSPS) is 9.17. The van der Waals surface area contributed by atoms with Crippen LogP contribution in [0.4, 0.5) is 0 Å². The second-order valence-corrected chi connectivity index (χ2v) is 8.78. The van der Waals surface area contributed by atoms with Gasteiger partial charge in [0.2, 0.25) is 12.8 Å². The summed E-state index contributed by atoms with van der Waals surface area (Å²) < 4.78 is 34.0. The number of para-hydroxylation sites is 2. The molecular weight excluding hydrogens is 723 g/mol. The van der Waals surface area contributed by atoms with Gasteiger partial charge in [0, 0.05) is 53.7 Å². The summed E-state index contributed by atoms with van der Waals surface area (Å²) in [6, 6.07) is 13.7. The minimum absolute atomic E-state index is 0. The quantitative estimate of drug-likeness (QED) is 0.0584. The molecule has 0 aliphatic heterocycles. The van der Waals surface area contributed by atoms with Gasteiger partial charge in [-0.25, -0.2) is 18.6 Å². The third kappa shape index (κ3) is 53.3. The minimum atomic E-state index is -4.94. The van der Waals surface area contributed by atoms with Crippen LogP contribution in [0.3, 0.4) is 0 Å². The molecule has 2 aromatic rings. The van der Waals surface area contributed by atoms with Crippen LogP contribution < -0.4 is 40.3 Å². The van der Waals surface area contributed by atoms with Crippen LogP contribution in [0.5, 0.6) is 11.5 Å². The number of hydrogen-bond acceptors (Lipinski definition) is 15. The van der Waals surface area contributed by atoms with E-state index < -0.39 is 10.2 Å². The fourth-order valence-corrected chi connectivity index (χ4v) is 1.87. The van der Waals surface area contributed by atoms with Crippen LogP contribution >= 0.6 is 0 Å². The van der Waals surface area contributed by atoms with Gasteiger partial charge in [-0.05, 0) is 37.1 Å². The molecule has 0 bridgehead atoms. The number of amides is 2. The van der Waals surface area contributed by atoms with Gasteiger partial charge in [0.05, 0.1) is 0 Å². The maximum absolute atomic E-state index is 11.2. The van der Waals surface area contributed by atoms with Crippen molar-refractivity contribution < 1.29 is 81.7 Å². The van der Waals surface area contributed by atoms with Crippen LogP contribution in [-0.4, -0.2) is 89.4 Å². The fraction of sp³-hybridized carbons (Fsp3) is 0.385. The predicted octanol–water partition coefficient (Wildman–Crippen LogP) is -4.05. The van der Waals surface area contributed by atoms with Gasteiger partial charge in [-0.2, -0.15) is 0 Å². The molecule has 2 amide bonds. The number of nitrogens with zero attached hydrogens (tertiary/aromatic N) is 5. The van der Waals surface area contributed by atoms with Crippen molar-refractivity contribution in [2.24, 2.45) is 26.8 Å². The van der Waals surface area contributed by atoms with Crippen LogP contribution in [0.2, 0.25) is 0 Å². The van der Waals surface area contributed by atoms with E-state index in [9.17, 15) is 19.8 Å². The molecule has 0 aromatic heterocycles. The Bertz CT molecular complexity index is 959. The zero-order valence-electron chi connectivity index (χ0n) is 25.7. The molecule has 4 N–H and O–H groups in total. The van der Waals surface area contributed by atoms with Crippen molar-refractivity contribution in [1.29, 1.82) is 0 Å². The molecular formula is C26H40ClN7Ni2O10+2. The molecule has 20 heteroatoms. The SMILES string of the molecule is CN(C)C=O.CN(C)C=O.NCCCN=Cc1ccccc1[O-].NCCCN=Cc1ccccc1[O-].O=N[O-].[Ni+3].[Ni+3].[O-][Cl+3]([O-])([O-])[O-]. The molecule has 0 unspecified atom stereocenters. The number of nitrogens with two attached hydrogens (primary N) is 2. The van der Waals surface area contributed by atoms with Gasteiger partial charge in [0.1, 0.15) is 0 Å². The molecule has 2 rings (SSSR count). The van der Waals surface area contributed by atoms with Crippen molar-refractivity contribution in [3.8, 4) is 11.5 Å². The van der Waals surface area contributed by atoms with Crippen molar-refractivity contribution in [1.82, 2.24) is 9.80 Å². The Morgan fingerprint density at radius 2 is 0.935 bits per heavy atom. The molecule has 264 valence electrons. The summed E-state index contributed by atoms with van der Waals surface area (Å²) in [4.78, 5) is 37.9. The molecule has 0 saturated carbocycles. The van der Waals surface area contributed by atoms with Crippen LogP contribution in [0.15, 0.2) is 63.9 Å². The number of carbonyl (C=O) groups is 2. The summed E-state index contributed by atoms with van der Waals surface area (Å²) in [5.74, 6) is 0.0259. The summed E-state index contributed by atoms with van der Waals surface area (Å²) in [6.07, 6.45) is 6.44. The minimum Gasteiger partial charge on any atom is -0.872 e. The molecule has 0 fully saturated rings. The number of hydrogen-bond donors (Lipinski definition) is 2. The van der Waals surface area contributed by atoms with Crippen LogP contribution in [0, 0.1) is 20.4 Å². The smallest absolute Gasteiger partial charge is 0.872 e. The topological polar surface area (TPSA) is 308 Å². The van der Waals surface area contributed by atoms with E-state index >= 15 is 0 Å². The molecule has 2 radical (unpaired) electrons. The standard InChI is InChI=1S/2C10H14N2O.2C3H7NO.ClHO4.HNO2.2Ni/c2*11-6-3-7-12-8-9-4-1-2-5-10(9)13;2*1-4(2)3-5;2-1(3,4)5;2-1-3;;/h2*1-2,4-5,8,13H,3,6-7,11H2;2*3H,1-2H3;(H,2,3,4,5);(H,2,3);;/q;;;;;;2*+3/p-4. The molecule has 0 spiro atoms. The third-order valence-corrected chi connectivity index (χ3v) is 3.70. The first-order valence-electron chi connectivity index (χ1n) is 12.4. The third-order valence-electron chi connectivity index (χ3n) is 3.70. The second-order valence-electron chi connectivity index (χ2n) is 8.02. The fourth-order valence-electron chi connectivity index (χ4n) is 1.87. The average molecular weight is 763 g/mol. The second kappa shape index (κ2) is 39.8. The van der Waals surface area contributed by atoms with Gasteiger partial charge in [-0.3, -0.25) is 19.6 Å². The summed E-state index contributed by atoms with van der Waals surface area (Å²) in [7, 11) is 1.81. The van der Waals surface area contributed by atoms with Crippen LogP contribution in [-0.2, 0) is 42.6 Å². The van der Waals surface area contributed by atoms with E-state index in [1.807, 2.05) is 12.1 Å². The van der Waals surface area contributed by atoms with Crippen molar-refractivity contribution in [3.63, 3.8) is 0 Å². The Hall–Kier alpha value is -3.24. The number of rotatable bonds is 10. The van der Waals surface area contributed by atoms with Gasteiger partial charge in [-0.15, -0.1) is 27.1 Å². The number of aliphatic imine (C=N–C) groups is 2. The molecule has 0 heterocycles. The Labute approximate surface area is 291 Å². The molecule has 2 aromatic carbocycles. The van der Waals surface area contributed by atoms with Gasteiger partial charge >= 0.3 is 33.0 Å². The largest absolute Gasteiger partial charge is 3.00 e. The van der Waals surface area contributed by atoms with E-state index in [-0.39, 0.29) is 44.5 Å². The van der Waals surface area contributed by atoms with Crippen LogP contribution in [0.25, 0.3) is 0 Å². The Morgan fingerprint density at radius 1 is 0.696 bits per heavy atom.